The molecule has 2 amide bonds. The molecular weight excluding hydrogens is 208 g/mol. The monoisotopic (exact) mass is 226 g/mol. The normalized spacial score (nSPS) is 10.2. The first kappa shape index (κ1) is 12.5. The topological polar surface area (TPSA) is 70.4 Å². The summed E-state index contributed by atoms with van der Waals surface area (Å²) in [5.41, 5.74) is 0.933. The third-order valence-corrected chi connectivity index (χ3v) is 2.31. The van der Waals surface area contributed by atoms with E-state index in [1.54, 1.807) is 18.8 Å². The minimum atomic E-state index is -0.250. The van der Waals surface area contributed by atoms with Crippen molar-refractivity contribution in [1.82, 2.24) is 14.7 Å². The standard InChI is InChI=1S/C10H18N4O2/c1-4-8-7-9(14(3)12-8)11-10(16)13(2)5-6-15/h7,15H,4-6H2,1-3H3,(H,11,16). The number of aliphatic hydroxyl groups excluding tert-OH is 1. The molecule has 6 nitrogen and oxygen atoms in total. The van der Waals surface area contributed by atoms with E-state index in [0.717, 1.165) is 12.1 Å². The van der Waals surface area contributed by atoms with Gasteiger partial charge in [0.2, 0.25) is 0 Å². The Morgan fingerprint density at radius 3 is 2.88 bits per heavy atom. The van der Waals surface area contributed by atoms with Gasteiger partial charge in [-0.15, -0.1) is 0 Å². The molecule has 0 aliphatic heterocycles. The van der Waals surface area contributed by atoms with Crippen molar-refractivity contribution in [2.45, 2.75) is 13.3 Å². The number of aryl methyl sites for hydroxylation is 2. The molecule has 16 heavy (non-hydrogen) atoms. The molecule has 0 aliphatic carbocycles. The van der Waals surface area contributed by atoms with Gasteiger partial charge >= 0.3 is 6.03 Å². The fraction of sp³-hybridized carbons (Fsp3) is 0.600. The van der Waals surface area contributed by atoms with Crippen LogP contribution in [0, 0.1) is 0 Å². The van der Waals surface area contributed by atoms with E-state index in [2.05, 4.69) is 10.4 Å². The van der Waals surface area contributed by atoms with Gasteiger partial charge in [-0.2, -0.15) is 5.10 Å². The lowest BCUT2D eigenvalue weighted by atomic mass is 10.3. The number of carbonyl (C=O) groups is 1. The van der Waals surface area contributed by atoms with Gasteiger partial charge in [-0.25, -0.2) is 4.79 Å². The van der Waals surface area contributed by atoms with Gasteiger partial charge in [0.05, 0.1) is 12.3 Å². The highest BCUT2D eigenvalue weighted by atomic mass is 16.3. The summed E-state index contributed by atoms with van der Waals surface area (Å²) in [5, 5.41) is 15.7. The summed E-state index contributed by atoms with van der Waals surface area (Å²) in [6, 6.07) is 1.59. The maximum atomic E-state index is 11.6. The number of likely N-dealkylation sites (N-methyl/N-ethyl adjacent to an activating group) is 1. The molecule has 0 fully saturated rings. The van der Waals surface area contributed by atoms with Crippen molar-refractivity contribution in [1.29, 1.82) is 0 Å². The number of anilines is 1. The lowest BCUT2D eigenvalue weighted by molar-refractivity contribution is 0.202. The van der Waals surface area contributed by atoms with E-state index in [4.69, 9.17) is 5.11 Å². The van der Waals surface area contributed by atoms with Crippen molar-refractivity contribution in [3.8, 4) is 0 Å². The third-order valence-electron chi connectivity index (χ3n) is 2.31. The summed E-state index contributed by atoms with van der Waals surface area (Å²) in [6.07, 6.45) is 0.830. The Labute approximate surface area is 94.9 Å². The van der Waals surface area contributed by atoms with Crippen LogP contribution in [0.3, 0.4) is 0 Å². The zero-order valence-corrected chi connectivity index (χ0v) is 9.90. The second kappa shape index (κ2) is 5.50. The van der Waals surface area contributed by atoms with Gasteiger partial charge in [0.25, 0.3) is 0 Å². The highest BCUT2D eigenvalue weighted by molar-refractivity contribution is 5.88. The molecule has 1 rings (SSSR count). The maximum absolute atomic E-state index is 11.6. The Morgan fingerprint density at radius 2 is 2.38 bits per heavy atom. The number of amides is 2. The Balaban J connectivity index is 2.65. The van der Waals surface area contributed by atoms with Gasteiger partial charge in [-0.1, -0.05) is 6.92 Å². The van der Waals surface area contributed by atoms with Crippen LogP contribution in [0.1, 0.15) is 12.6 Å². The summed E-state index contributed by atoms with van der Waals surface area (Å²) in [5.74, 6) is 0.659. The summed E-state index contributed by atoms with van der Waals surface area (Å²) < 4.78 is 1.63. The summed E-state index contributed by atoms with van der Waals surface area (Å²) >= 11 is 0. The number of aromatic nitrogens is 2. The van der Waals surface area contributed by atoms with Crippen molar-refractivity contribution in [3.05, 3.63) is 11.8 Å². The highest BCUT2D eigenvalue weighted by Gasteiger charge is 2.11. The first-order chi connectivity index (χ1) is 7.58. The minimum absolute atomic E-state index is 0.0461. The van der Waals surface area contributed by atoms with E-state index in [1.807, 2.05) is 13.0 Å². The molecular formula is C10H18N4O2. The van der Waals surface area contributed by atoms with E-state index in [0.29, 0.717) is 12.4 Å². The predicted molar refractivity (Wildman–Crippen MR) is 61.3 cm³/mol. The number of carbonyl (C=O) groups excluding carboxylic acids is 1. The van der Waals surface area contributed by atoms with Crippen LogP contribution >= 0.6 is 0 Å². The molecule has 0 aromatic carbocycles. The number of hydrogen-bond acceptors (Lipinski definition) is 3. The Morgan fingerprint density at radius 1 is 1.69 bits per heavy atom. The van der Waals surface area contributed by atoms with Crippen LogP contribution in [-0.2, 0) is 13.5 Å². The summed E-state index contributed by atoms with van der Waals surface area (Å²) in [7, 11) is 3.41. The number of nitrogens with zero attached hydrogens (tertiary/aromatic N) is 3. The molecule has 1 heterocycles. The van der Waals surface area contributed by atoms with Gasteiger partial charge < -0.3 is 10.0 Å². The lowest BCUT2D eigenvalue weighted by Crippen LogP contribution is -2.34. The van der Waals surface area contributed by atoms with Crippen molar-refractivity contribution < 1.29 is 9.90 Å². The van der Waals surface area contributed by atoms with E-state index in [1.165, 1.54) is 4.90 Å². The quantitative estimate of drug-likeness (QED) is 0.782. The molecule has 1 aromatic rings. The highest BCUT2D eigenvalue weighted by Crippen LogP contribution is 2.09. The van der Waals surface area contributed by atoms with E-state index >= 15 is 0 Å². The molecule has 90 valence electrons. The van der Waals surface area contributed by atoms with E-state index in [9.17, 15) is 4.79 Å². The largest absolute Gasteiger partial charge is 0.395 e. The van der Waals surface area contributed by atoms with Crippen molar-refractivity contribution >= 4 is 11.8 Å². The molecule has 2 N–H and O–H groups in total. The average Bonchev–Trinajstić information content (AvgIpc) is 2.60. The molecule has 0 unspecified atom stereocenters. The van der Waals surface area contributed by atoms with Gasteiger partial charge in [0.1, 0.15) is 5.82 Å². The molecule has 6 heteroatoms. The SMILES string of the molecule is CCc1cc(NC(=O)N(C)CCO)n(C)n1. The molecule has 1 aromatic heterocycles. The zero-order chi connectivity index (χ0) is 12.1. The van der Waals surface area contributed by atoms with Gasteiger partial charge in [0.15, 0.2) is 0 Å². The number of rotatable bonds is 4. The van der Waals surface area contributed by atoms with Crippen LogP contribution in [0.15, 0.2) is 6.07 Å². The first-order valence-electron chi connectivity index (χ1n) is 5.24. The third kappa shape index (κ3) is 2.96. The van der Waals surface area contributed by atoms with Gasteiger partial charge in [-0.05, 0) is 6.42 Å². The van der Waals surface area contributed by atoms with Crippen LogP contribution in [0.4, 0.5) is 10.6 Å². The minimum Gasteiger partial charge on any atom is -0.395 e. The van der Waals surface area contributed by atoms with E-state index in [-0.39, 0.29) is 12.6 Å². The summed E-state index contributed by atoms with van der Waals surface area (Å²) in [4.78, 5) is 13.0. The lowest BCUT2D eigenvalue weighted by Gasteiger charge is -2.16. The smallest absolute Gasteiger partial charge is 0.322 e. The number of hydrogen-bond donors (Lipinski definition) is 2. The molecule has 0 bridgehead atoms. The number of nitrogens with one attached hydrogen (secondary N) is 1. The average molecular weight is 226 g/mol. The van der Waals surface area contributed by atoms with Crippen LogP contribution in [0.2, 0.25) is 0 Å². The molecule has 0 atom stereocenters. The second-order valence-corrected chi connectivity index (χ2v) is 3.57. The van der Waals surface area contributed by atoms with Gasteiger partial charge in [-0.3, -0.25) is 10.00 Å². The fourth-order valence-corrected chi connectivity index (χ4v) is 1.27. The van der Waals surface area contributed by atoms with Crippen molar-refractivity contribution in [2.75, 3.05) is 25.5 Å². The molecule has 0 radical (unpaired) electrons. The fourth-order valence-electron chi connectivity index (χ4n) is 1.27. The van der Waals surface area contributed by atoms with Crippen LogP contribution in [0.5, 0.6) is 0 Å². The zero-order valence-electron chi connectivity index (χ0n) is 9.90. The molecule has 0 saturated carbocycles. The first-order valence-corrected chi connectivity index (χ1v) is 5.24. The van der Waals surface area contributed by atoms with Crippen molar-refractivity contribution in [3.63, 3.8) is 0 Å². The predicted octanol–water partition coefficient (Wildman–Crippen LogP) is 0.438. The Hall–Kier alpha value is -1.56. The van der Waals surface area contributed by atoms with Gasteiger partial charge in [0, 0.05) is 26.7 Å². The van der Waals surface area contributed by atoms with Crippen LogP contribution in [0.25, 0.3) is 0 Å². The maximum Gasteiger partial charge on any atom is 0.322 e. The van der Waals surface area contributed by atoms with Crippen LogP contribution in [-0.4, -0.2) is 46.0 Å². The molecule has 0 spiro atoms. The number of urea groups is 1. The molecule has 0 aliphatic rings. The molecule has 0 saturated heterocycles. The van der Waals surface area contributed by atoms with Crippen molar-refractivity contribution in [2.24, 2.45) is 7.05 Å². The van der Waals surface area contributed by atoms with E-state index < -0.39 is 0 Å². The number of aliphatic hydroxyl groups is 1. The second-order valence-electron chi connectivity index (χ2n) is 3.57. The summed E-state index contributed by atoms with van der Waals surface area (Å²) in [6.45, 7) is 2.27. The Kier molecular flexibility index (Phi) is 4.30. The Bertz CT molecular complexity index is 362. The van der Waals surface area contributed by atoms with Crippen LogP contribution < -0.4 is 5.32 Å².